The van der Waals surface area contributed by atoms with Crippen LogP contribution in [0.25, 0.3) is 0 Å². The third-order valence-electron chi connectivity index (χ3n) is 2.82. The molecular formula is C18H24O6. The fraction of sp³-hybridized carbons (Fsp3) is 0.389. The Kier molecular flexibility index (Phi) is 9.08. The van der Waals surface area contributed by atoms with Crippen molar-refractivity contribution in [1.82, 2.24) is 0 Å². The largest absolute Gasteiger partial charge is 0.458 e. The molecule has 6 nitrogen and oxygen atoms in total. The number of ether oxygens (including phenoxy) is 3. The molecule has 0 aliphatic carbocycles. The van der Waals surface area contributed by atoms with Crippen LogP contribution in [0.15, 0.2) is 47.6 Å². The monoisotopic (exact) mass is 336 g/mol. The molecular weight excluding hydrogens is 312 g/mol. The van der Waals surface area contributed by atoms with Crippen molar-refractivity contribution in [3.05, 3.63) is 47.6 Å². The highest BCUT2D eigenvalue weighted by molar-refractivity contribution is 5.88. The molecule has 0 fully saturated rings. The van der Waals surface area contributed by atoms with Crippen molar-refractivity contribution in [3.8, 4) is 0 Å². The van der Waals surface area contributed by atoms with Gasteiger partial charge in [-0.05, 0) is 33.3 Å². The average Bonchev–Trinajstić information content (AvgIpc) is 2.50. The second-order valence-electron chi connectivity index (χ2n) is 5.45. The zero-order valence-electron chi connectivity index (χ0n) is 14.7. The van der Waals surface area contributed by atoms with Crippen molar-refractivity contribution in [2.45, 2.75) is 27.7 Å². The van der Waals surface area contributed by atoms with E-state index in [0.717, 1.165) is 0 Å². The first-order chi connectivity index (χ1) is 11.1. The molecule has 0 saturated carbocycles. The Labute approximate surface area is 142 Å². The van der Waals surface area contributed by atoms with Crippen molar-refractivity contribution in [2.24, 2.45) is 0 Å². The lowest BCUT2D eigenvalue weighted by atomic mass is 10.1. The number of carbonyl (C=O) groups is 3. The molecule has 0 N–H and O–H groups in total. The molecule has 0 aromatic rings. The van der Waals surface area contributed by atoms with Crippen LogP contribution < -0.4 is 0 Å². The van der Waals surface area contributed by atoms with E-state index in [1.54, 1.807) is 6.92 Å². The maximum absolute atomic E-state index is 11.5. The molecule has 0 unspecified atom stereocenters. The first-order valence-corrected chi connectivity index (χ1v) is 7.21. The van der Waals surface area contributed by atoms with Crippen LogP contribution in [0.1, 0.15) is 27.7 Å². The van der Waals surface area contributed by atoms with E-state index < -0.39 is 17.9 Å². The summed E-state index contributed by atoms with van der Waals surface area (Å²) in [6.45, 7) is 16.5. The van der Waals surface area contributed by atoms with Crippen LogP contribution >= 0.6 is 0 Å². The van der Waals surface area contributed by atoms with Gasteiger partial charge >= 0.3 is 17.9 Å². The molecule has 0 saturated heterocycles. The normalized spacial score (nSPS) is 9.50. The summed E-state index contributed by atoms with van der Waals surface area (Å²) in [5.41, 5.74) is 1.88. The number of carbonyl (C=O) groups excluding carboxylic acids is 3. The summed E-state index contributed by atoms with van der Waals surface area (Å²) in [6.07, 6.45) is 0. The summed E-state index contributed by atoms with van der Waals surface area (Å²) in [5, 5.41) is 0. The fourth-order valence-electron chi connectivity index (χ4n) is 1.24. The van der Waals surface area contributed by atoms with Gasteiger partial charge in [0.2, 0.25) is 0 Å². The highest BCUT2D eigenvalue weighted by Gasteiger charge is 2.13. The van der Waals surface area contributed by atoms with E-state index >= 15 is 0 Å². The van der Waals surface area contributed by atoms with Crippen molar-refractivity contribution >= 4 is 17.9 Å². The smallest absolute Gasteiger partial charge is 0.333 e. The molecule has 0 amide bonds. The van der Waals surface area contributed by atoms with Crippen LogP contribution in [0.2, 0.25) is 0 Å². The van der Waals surface area contributed by atoms with Gasteiger partial charge in [0.05, 0.1) is 0 Å². The van der Waals surface area contributed by atoms with Crippen molar-refractivity contribution in [3.63, 3.8) is 0 Å². The summed E-state index contributed by atoms with van der Waals surface area (Å²) in [4.78, 5) is 34.5. The summed E-state index contributed by atoms with van der Waals surface area (Å²) in [7, 11) is 0. The minimum absolute atomic E-state index is 0.0315. The average molecular weight is 336 g/mol. The molecule has 24 heavy (non-hydrogen) atoms. The van der Waals surface area contributed by atoms with Gasteiger partial charge in [0.25, 0.3) is 0 Å². The number of esters is 3. The second kappa shape index (κ2) is 10.2. The minimum Gasteiger partial charge on any atom is -0.458 e. The van der Waals surface area contributed by atoms with Gasteiger partial charge in [-0.3, -0.25) is 0 Å². The molecule has 132 valence electrons. The second-order valence-corrected chi connectivity index (χ2v) is 5.45. The Morgan fingerprint density at radius 1 is 0.625 bits per heavy atom. The van der Waals surface area contributed by atoms with Gasteiger partial charge in [-0.2, -0.15) is 0 Å². The van der Waals surface area contributed by atoms with Crippen LogP contribution in [0.5, 0.6) is 0 Å². The van der Waals surface area contributed by atoms with Crippen molar-refractivity contribution < 1.29 is 28.6 Å². The van der Waals surface area contributed by atoms with E-state index in [2.05, 4.69) is 19.7 Å². The summed E-state index contributed by atoms with van der Waals surface area (Å²) in [6, 6.07) is 0. The molecule has 0 atom stereocenters. The standard InChI is InChI=1S/C18H24O6/c1-11(2)16(19)22-8-14(7)15(9-23-17(20)12(3)4)10-24-18(21)13(5)6/h1,3,5,8-10H2,2,4,6-7H3. The highest BCUT2D eigenvalue weighted by Crippen LogP contribution is 2.10. The first-order valence-electron chi connectivity index (χ1n) is 7.21. The van der Waals surface area contributed by atoms with Crippen LogP contribution in [0.3, 0.4) is 0 Å². The van der Waals surface area contributed by atoms with Gasteiger partial charge in [0, 0.05) is 22.3 Å². The Balaban J connectivity index is 5.01. The molecule has 0 aromatic heterocycles. The number of hydrogen-bond acceptors (Lipinski definition) is 6. The maximum Gasteiger partial charge on any atom is 0.333 e. The van der Waals surface area contributed by atoms with E-state index in [1.807, 2.05) is 0 Å². The van der Waals surface area contributed by atoms with Gasteiger partial charge in [0.15, 0.2) is 0 Å². The molecule has 0 radical (unpaired) electrons. The SMILES string of the molecule is C=C(C)C(=O)OCC(C)=C(COC(=O)C(=C)C)COC(=O)C(=C)C. The lowest BCUT2D eigenvalue weighted by molar-refractivity contribution is -0.140. The number of hydrogen-bond donors (Lipinski definition) is 0. The molecule has 0 aromatic carbocycles. The molecule has 0 aliphatic heterocycles. The zero-order chi connectivity index (χ0) is 18.9. The fourth-order valence-corrected chi connectivity index (χ4v) is 1.24. The van der Waals surface area contributed by atoms with Gasteiger partial charge in [-0.1, -0.05) is 19.7 Å². The molecule has 0 bridgehead atoms. The van der Waals surface area contributed by atoms with Crippen molar-refractivity contribution in [1.29, 1.82) is 0 Å². The van der Waals surface area contributed by atoms with Gasteiger partial charge in [-0.25, -0.2) is 14.4 Å². The van der Waals surface area contributed by atoms with E-state index in [9.17, 15) is 14.4 Å². The quantitative estimate of drug-likeness (QED) is 0.279. The summed E-state index contributed by atoms with van der Waals surface area (Å²) < 4.78 is 15.2. The number of rotatable bonds is 9. The Morgan fingerprint density at radius 3 is 1.21 bits per heavy atom. The third kappa shape index (κ3) is 8.12. The zero-order valence-corrected chi connectivity index (χ0v) is 14.7. The van der Waals surface area contributed by atoms with Crippen LogP contribution in [-0.4, -0.2) is 37.7 Å². The van der Waals surface area contributed by atoms with Crippen LogP contribution in [0, 0.1) is 0 Å². The Hall–Kier alpha value is -2.63. The van der Waals surface area contributed by atoms with E-state index in [4.69, 9.17) is 14.2 Å². The Bertz CT molecular complexity index is 563. The predicted molar refractivity (Wildman–Crippen MR) is 90.0 cm³/mol. The van der Waals surface area contributed by atoms with Crippen LogP contribution in [-0.2, 0) is 28.6 Å². The molecule has 0 heterocycles. The van der Waals surface area contributed by atoms with Gasteiger partial charge < -0.3 is 14.2 Å². The molecule has 0 spiro atoms. The first kappa shape index (κ1) is 21.4. The highest BCUT2D eigenvalue weighted by atomic mass is 16.5. The summed E-state index contributed by atoms with van der Waals surface area (Å²) in [5.74, 6) is -1.66. The molecule has 6 heteroatoms. The molecule has 0 aliphatic rings. The lowest BCUT2D eigenvalue weighted by Gasteiger charge is -2.14. The van der Waals surface area contributed by atoms with Crippen LogP contribution in [0.4, 0.5) is 0 Å². The summed E-state index contributed by atoms with van der Waals surface area (Å²) >= 11 is 0. The van der Waals surface area contributed by atoms with Crippen molar-refractivity contribution in [2.75, 3.05) is 19.8 Å². The topological polar surface area (TPSA) is 78.9 Å². The third-order valence-corrected chi connectivity index (χ3v) is 2.82. The van der Waals surface area contributed by atoms with E-state index in [1.165, 1.54) is 20.8 Å². The minimum atomic E-state index is -0.564. The Morgan fingerprint density at radius 2 is 0.917 bits per heavy atom. The van der Waals surface area contributed by atoms with E-state index in [0.29, 0.717) is 11.1 Å². The van der Waals surface area contributed by atoms with Gasteiger partial charge in [0.1, 0.15) is 19.8 Å². The predicted octanol–water partition coefficient (Wildman–Crippen LogP) is 2.66. The van der Waals surface area contributed by atoms with E-state index in [-0.39, 0.29) is 36.5 Å². The van der Waals surface area contributed by atoms with Gasteiger partial charge in [-0.15, -0.1) is 0 Å². The lowest BCUT2D eigenvalue weighted by Crippen LogP contribution is -2.17. The maximum atomic E-state index is 11.5. The molecule has 0 rings (SSSR count).